The first-order chi connectivity index (χ1) is 10.1. The van der Waals surface area contributed by atoms with Crippen molar-refractivity contribution in [3.63, 3.8) is 0 Å². The molecular weight excluding hydrogens is 292 g/mol. The monoisotopic (exact) mass is 310 g/mol. The summed E-state index contributed by atoms with van der Waals surface area (Å²) in [5.41, 5.74) is 0. The summed E-state index contributed by atoms with van der Waals surface area (Å²) in [5.74, 6) is -1.37. The first kappa shape index (κ1) is 15.5. The molecule has 0 spiro atoms. The highest BCUT2D eigenvalue weighted by atomic mass is 32.1. The van der Waals surface area contributed by atoms with Crippen molar-refractivity contribution in [1.82, 2.24) is 10.2 Å². The van der Waals surface area contributed by atoms with Crippen molar-refractivity contribution in [3.8, 4) is 0 Å². The molecule has 6 nitrogen and oxygen atoms in total. The molecule has 1 saturated heterocycles. The number of carboxylic acids is 1. The van der Waals surface area contributed by atoms with E-state index in [1.54, 1.807) is 12.1 Å². The highest BCUT2D eigenvalue weighted by Gasteiger charge is 2.31. The maximum absolute atomic E-state index is 12.1. The summed E-state index contributed by atoms with van der Waals surface area (Å²) in [4.78, 5) is 37.0. The summed E-state index contributed by atoms with van der Waals surface area (Å²) >= 11 is 1.34. The second-order valence-corrected chi connectivity index (χ2v) is 5.87. The molecule has 2 amide bonds. The molecule has 2 N–H and O–H groups in total. The van der Waals surface area contributed by atoms with E-state index in [1.807, 2.05) is 5.38 Å². The lowest BCUT2D eigenvalue weighted by Gasteiger charge is -2.33. The van der Waals surface area contributed by atoms with Gasteiger partial charge in [0.05, 0.1) is 4.88 Å². The Labute approximate surface area is 126 Å². The third kappa shape index (κ3) is 4.04. The van der Waals surface area contributed by atoms with Gasteiger partial charge in [0.2, 0.25) is 5.91 Å². The highest BCUT2D eigenvalue weighted by Crippen LogP contribution is 2.18. The Morgan fingerprint density at radius 1 is 1.38 bits per heavy atom. The van der Waals surface area contributed by atoms with Crippen LogP contribution in [-0.2, 0) is 9.59 Å². The molecule has 1 unspecified atom stereocenters. The van der Waals surface area contributed by atoms with E-state index < -0.39 is 12.0 Å². The van der Waals surface area contributed by atoms with Crippen molar-refractivity contribution < 1.29 is 19.5 Å². The summed E-state index contributed by atoms with van der Waals surface area (Å²) in [6.07, 6.45) is 2.29. The molecular formula is C14H18N2O4S. The zero-order valence-electron chi connectivity index (χ0n) is 11.6. The SMILES string of the molecule is O=C(NCCC(=O)N1CCCCC1C(=O)O)c1cccs1. The maximum Gasteiger partial charge on any atom is 0.326 e. The van der Waals surface area contributed by atoms with Gasteiger partial charge in [-0.2, -0.15) is 0 Å². The number of carboxylic acid groups (broad SMARTS) is 1. The molecule has 1 aromatic heterocycles. The fraction of sp³-hybridized carbons (Fsp3) is 0.500. The summed E-state index contributed by atoms with van der Waals surface area (Å²) in [7, 11) is 0. The summed E-state index contributed by atoms with van der Waals surface area (Å²) < 4.78 is 0. The Morgan fingerprint density at radius 2 is 2.19 bits per heavy atom. The van der Waals surface area contributed by atoms with Gasteiger partial charge in [-0.25, -0.2) is 4.79 Å². The number of rotatable bonds is 5. The first-order valence-electron chi connectivity index (χ1n) is 6.93. The number of amides is 2. The van der Waals surface area contributed by atoms with Crippen LogP contribution in [0.2, 0.25) is 0 Å². The van der Waals surface area contributed by atoms with Crippen LogP contribution in [0, 0.1) is 0 Å². The topological polar surface area (TPSA) is 86.7 Å². The van der Waals surface area contributed by atoms with E-state index in [2.05, 4.69) is 5.32 Å². The summed E-state index contributed by atoms with van der Waals surface area (Å²) in [5, 5.41) is 13.6. The minimum absolute atomic E-state index is 0.126. The Balaban J connectivity index is 1.81. The molecule has 0 saturated carbocycles. The van der Waals surface area contributed by atoms with E-state index in [-0.39, 0.29) is 24.8 Å². The van der Waals surface area contributed by atoms with Gasteiger partial charge >= 0.3 is 5.97 Å². The zero-order chi connectivity index (χ0) is 15.2. The second kappa shape index (κ2) is 7.21. The number of nitrogens with zero attached hydrogens (tertiary/aromatic N) is 1. The normalized spacial score (nSPS) is 18.3. The molecule has 114 valence electrons. The number of hydrogen-bond donors (Lipinski definition) is 2. The predicted molar refractivity (Wildman–Crippen MR) is 78.3 cm³/mol. The lowest BCUT2D eigenvalue weighted by Crippen LogP contribution is -2.48. The third-order valence-electron chi connectivity index (χ3n) is 3.48. The van der Waals surface area contributed by atoms with Gasteiger partial charge in [0.25, 0.3) is 5.91 Å². The number of likely N-dealkylation sites (tertiary alicyclic amines) is 1. The fourth-order valence-corrected chi connectivity index (χ4v) is 3.05. The number of nitrogens with one attached hydrogen (secondary N) is 1. The number of carbonyl (C=O) groups is 3. The average Bonchev–Trinajstić information content (AvgIpc) is 3.01. The Morgan fingerprint density at radius 3 is 2.86 bits per heavy atom. The number of thiophene rings is 1. The summed E-state index contributed by atoms with van der Waals surface area (Å²) in [6, 6.07) is 2.78. The van der Waals surface area contributed by atoms with E-state index in [4.69, 9.17) is 5.11 Å². The molecule has 1 atom stereocenters. The quantitative estimate of drug-likeness (QED) is 0.859. The largest absolute Gasteiger partial charge is 0.480 e. The van der Waals surface area contributed by atoms with Crippen molar-refractivity contribution in [2.75, 3.05) is 13.1 Å². The molecule has 2 heterocycles. The lowest BCUT2D eigenvalue weighted by atomic mass is 10.0. The van der Waals surface area contributed by atoms with E-state index >= 15 is 0 Å². The van der Waals surface area contributed by atoms with Crippen molar-refractivity contribution in [3.05, 3.63) is 22.4 Å². The van der Waals surface area contributed by atoms with Crippen LogP contribution < -0.4 is 5.32 Å². The van der Waals surface area contributed by atoms with E-state index in [0.717, 1.165) is 12.8 Å². The molecule has 0 aliphatic carbocycles. The number of carbonyl (C=O) groups excluding carboxylic acids is 2. The highest BCUT2D eigenvalue weighted by molar-refractivity contribution is 7.12. The standard InChI is InChI=1S/C14H18N2O4S/c17-12(16-8-2-1-4-10(16)14(19)20)6-7-15-13(18)11-5-3-9-21-11/h3,5,9-10H,1-2,4,6-8H2,(H,15,18)(H,19,20). The third-order valence-corrected chi connectivity index (χ3v) is 4.35. The molecule has 2 rings (SSSR count). The molecule has 7 heteroatoms. The van der Waals surface area contributed by atoms with Gasteiger partial charge in [0.15, 0.2) is 0 Å². The van der Waals surface area contributed by atoms with Crippen molar-refractivity contribution in [2.45, 2.75) is 31.7 Å². The molecule has 0 aromatic carbocycles. The van der Waals surface area contributed by atoms with Crippen LogP contribution in [0.4, 0.5) is 0 Å². The van der Waals surface area contributed by atoms with Crippen LogP contribution in [-0.4, -0.2) is 46.9 Å². The molecule has 1 aliphatic heterocycles. The minimum atomic E-state index is -0.953. The average molecular weight is 310 g/mol. The van der Waals surface area contributed by atoms with Crippen LogP contribution in [0.3, 0.4) is 0 Å². The van der Waals surface area contributed by atoms with Gasteiger partial charge in [0.1, 0.15) is 6.04 Å². The predicted octanol–water partition coefficient (Wildman–Crippen LogP) is 1.33. The van der Waals surface area contributed by atoms with Crippen LogP contribution >= 0.6 is 11.3 Å². The van der Waals surface area contributed by atoms with E-state index in [0.29, 0.717) is 17.8 Å². The minimum Gasteiger partial charge on any atom is -0.480 e. The molecule has 0 radical (unpaired) electrons. The Kier molecular flexibility index (Phi) is 5.32. The van der Waals surface area contributed by atoms with Crippen molar-refractivity contribution >= 4 is 29.1 Å². The smallest absolute Gasteiger partial charge is 0.326 e. The van der Waals surface area contributed by atoms with Gasteiger partial charge in [0, 0.05) is 19.5 Å². The van der Waals surface area contributed by atoms with Gasteiger partial charge < -0.3 is 15.3 Å². The lowest BCUT2D eigenvalue weighted by molar-refractivity contribution is -0.152. The van der Waals surface area contributed by atoms with Crippen LogP contribution in [0.15, 0.2) is 17.5 Å². The van der Waals surface area contributed by atoms with Crippen molar-refractivity contribution in [1.29, 1.82) is 0 Å². The number of aliphatic carboxylic acids is 1. The Hall–Kier alpha value is -1.89. The second-order valence-electron chi connectivity index (χ2n) is 4.92. The Bertz CT molecular complexity index is 515. The number of piperidine rings is 1. The van der Waals surface area contributed by atoms with Gasteiger partial charge in [-0.1, -0.05) is 6.07 Å². The van der Waals surface area contributed by atoms with Crippen LogP contribution in [0.25, 0.3) is 0 Å². The van der Waals surface area contributed by atoms with E-state index in [1.165, 1.54) is 16.2 Å². The maximum atomic E-state index is 12.1. The molecule has 21 heavy (non-hydrogen) atoms. The van der Waals surface area contributed by atoms with Crippen LogP contribution in [0.5, 0.6) is 0 Å². The fourth-order valence-electron chi connectivity index (χ4n) is 2.41. The number of hydrogen-bond acceptors (Lipinski definition) is 4. The molecule has 1 aromatic rings. The van der Waals surface area contributed by atoms with E-state index in [9.17, 15) is 14.4 Å². The zero-order valence-corrected chi connectivity index (χ0v) is 12.4. The first-order valence-corrected chi connectivity index (χ1v) is 7.81. The molecule has 1 aliphatic rings. The van der Waals surface area contributed by atoms with Gasteiger partial charge in [-0.3, -0.25) is 9.59 Å². The van der Waals surface area contributed by atoms with Gasteiger partial charge in [-0.05, 0) is 30.7 Å². The summed E-state index contributed by atoms with van der Waals surface area (Å²) in [6.45, 7) is 0.701. The molecule has 0 bridgehead atoms. The van der Waals surface area contributed by atoms with Crippen molar-refractivity contribution in [2.24, 2.45) is 0 Å². The molecule has 1 fully saturated rings. The van der Waals surface area contributed by atoms with Crippen LogP contribution in [0.1, 0.15) is 35.4 Å². The van der Waals surface area contributed by atoms with Gasteiger partial charge in [-0.15, -0.1) is 11.3 Å².